The molecule has 0 spiro atoms. The monoisotopic (exact) mass is 276 g/mol. The zero-order valence-corrected chi connectivity index (χ0v) is 11.4. The van der Waals surface area contributed by atoms with Gasteiger partial charge >= 0.3 is 0 Å². The van der Waals surface area contributed by atoms with E-state index in [9.17, 15) is 9.59 Å². The molecule has 0 unspecified atom stereocenters. The van der Waals surface area contributed by atoms with Crippen LogP contribution in [0.5, 0.6) is 11.5 Å². The van der Waals surface area contributed by atoms with Crippen LogP contribution in [0.15, 0.2) is 27.8 Å². The maximum absolute atomic E-state index is 11.2. The molecule has 2 rings (SSSR count). The Bertz CT molecular complexity index is 687. The normalized spacial score (nSPS) is 10.5. The van der Waals surface area contributed by atoms with Gasteiger partial charge in [-0.1, -0.05) is 6.07 Å². The molecule has 0 atom stereocenters. The average molecular weight is 276 g/mol. The van der Waals surface area contributed by atoms with E-state index in [1.165, 1.54) is 0 Å². The summed E-state index contributed by atoms with van der Waals surface area (Å²) in [5.74, 6) is 1.43. The fourth-order valence-electron chi connectivity index (χ4n) is 1.97. The third-order valence-corrected chi connectivity index (χ3v) is 3.14. The summed E-state index contributed by atoms with van der Waals surface area (Å²) in [5, 5.41) is 2.87. The van der Waals surface area contributed by atoms with E-state index in [1.54, 1.807) is 20.3 Å². The number of nitrogen functional groups attached to an aromatic ring is 1. The number of ether oxygens (including phenoxy) is 2. The summed E-state index contributed by atoms with van der Waals surface area (Å²) in [7, 11) is 3.17. The Labute approximate surface area is 115 Å². The summed E-state index contributed by atoms with van der Waals surface area (Å²) >= 11 is 0. The van der Waals surface area contributed by atoms with Crippen LogP contribution in [0.3, 0.4) is 0 Å². The largest absolute Gasteiger partial charge is 0.497 e. The van der Waals surface area contributed by atoms with Crippen molar-refractivity contribution < 1.29 is 9.47 Å². The Hall–Kier alpha value is -2.50. The lowest BCUT2D eigenvalue weighted by molar-refractivity contribution is 0.391. The first-order chi connectivity index (χ1) is 9.58. The van der Waals surface area contributed by atoms with Gasteiger partial charge in [0.2, 0.25) is 0 Å². The van der Waals surface area contributed by atoms with Crippen LogP contribution in [-0.4, -0.2) is 20.8 Å². The molecule has 0 aliphatic rings. The molecule has 0 bridgehead atoms. The fraction of sp³-hybridized carbons (Fsp3) is 0.286. The quantitative estimate of drug-likeness (QED) is 0.748. The molecule has 6 nitrogen and oxygen atoms in total. The number of hydrogen-bond acceptors (Lipinski definition) is 6. The fourth-order valence-corrected chi connectivity index (χ4v) is 1.97. The van der Waals surface area contributed by atoms with Gasteiger partial charge in [0, 0.05) is 12.6 Å². The van der Waals surface area contributed by atoms with Crippen LogP contribution >= 0.6 is 0 Å². The predicted molar refractivity (Wildman–Crippen MR) is 77.5 cm³/mol. The highest BCUT2D eigenvalue weighted by atomic mass is 16.5. The molecule has 3 N–H and O–H groups in total. The van der Waals surface area contributed by atoms with Crippen LogP contribution in [0, 0.1) is 0 Å². The van der Waals surface area contributed by atoms with E-state index >= 15 is 0 Å². The molecule has 2 aromatic rings. The third kappa shape index (κ3) is 2.45. The summed E-state index contributed by atoms with van der Waals surface area (Å²) in [6, 6.07) is 5.52. The second kappa shape index (κ2) is 5.64. The first-order valence-electron chi connectivity index (χ1n) is 6.12. The Kier molecular flexibility index (Phi) is 3.93. The van der Waals surface area contributed by atoms with E-state index in [-0.39, 0.29) is 11.4 Å². The number of hydrogen-bond donors (Lipinski definition) is 2. The van der Waals surface area contributed by atoms with Gasteiger partial charge in [0.15, 0.2) is 0 Å². The van der Waals surface area contributed by atoms with E-state index in [0.29, 0.717) is 24.5 Å². The Balaban J connectivity index is 2.01. The first-order valence-corrected chi connectivity index (χ1v) is 6.12. The Morgan fingerprint density at radius 2 is 1.90 bits per heavy atom. The van der Waals surface area contributed by atoms with E-state index in [1.807, 2.05) is 12.1 Å². The van der Waals surface area contributed by atoms with Crippen LogP contribution < -0.4 is 31.4 Å². The van der Waals surface area contributed by atoms with Gasteiger partial charge in [-0.3, -0.25) is 9.59 Å². The van der Waals surface area contributed by atoms with Gasteiger partial charge in [-0.2, -0.15) is 0 Å². The van der Waals surface area contributed by atoms with Crippen LogP contribution in [0.25, 0.3) is 0 Å². The number of nitrogens with two attached hydrogens (primary N) is 1. The Morgan fingerprint density at radius 3 is 2.50 bits per heavy atom. The van der Waals surface area contributed by atoms with Gasteiger partial charge in [-0.05, 0) is 18.1 Å². The van der Waals surface area contributed by atoms with Crippen molar-refractivity contribution in [2.75, 3.05) is 31.8 Å². The van der Waals surface area contributed by atoms with Gasteiger partial charge in [-0.15, -0.1) is 0 Å². The summed E-state index contributed by atoms with van der Waals surface area (Å²) in [6.45, 7) is 0.484. The van der Waals surface area contributed by atoms with Crippen molar-refractivity contribution in [2.24, 2.45) is 0 Å². The molecule has 6 heteroatoms. The Morgan fingerprint density at radius 1 is 1.15 bits per heavy atom. The second-order valence-electron chi connectivity index (χ2n) is 4.30. The number of benzene rings is 1. The van der Waals surface area contributed by atoms with Crippen LogP contribution in [0.4, 0.5) is 11.4 Å². The SMILES string of the molecule is COc1ccc(CCNc2c(N)c(=O)c2=O)c(OC)c1. The standard InChI is InChI=1S/C14H16N2O4/c1-19-9-4-3-8(10(7-9)20-2)5-6-16-12-11(15)13(17)14(12)18/h3-4,7,16H,5-6,15H2,1-2H3. The van der Waals surface area contributed by atoms with Gasteiger partial charge in [0.05, 0.1) is 14.2 Å². The minimum atomic E-state index is -0.616. The predicted octanol–water partition coefficient (Wildman–Crippen LogP) is 0.537. The van der Waals surface area contributed by atoms with E-state index in [4.69, 9.17) is 15.2 Å². The van der Waals surface area contributed by atoms with Crippen molar-refractivity contribution in [1.82, 2.24) is 0 Å². The minimum Gasteiger partial charge on any atom is -0.497 e. The lowest BCUT2D eigenvalue weighted by atomic mass is 10.1. The highest BCUT2D eigenvalue weighted by molar-refractivity contribution is 5.71. The molecule has 0 heterocycles. The molecule has 0 fully saturated rings. The summed E-state index contributed by atoms with van der Waals surface area (Å²) in [5.41, 5.74) is 5.46. The van der Waals surface area contributed by atoms with Crippen molar-refractivity contribution in [3.8, 4) is 11.5 Å². The summed E-state index contributed by atoms with van der Waals surface area (Å²) < 4.78 is 10.4. The summed E-state index contributed by atoms with van der Waals surface area (Å²) in [4.78, 5) is 22.2. The molecule has 0 aromatic heterocycles. The smallest absolute Gasteiger partial charge is 0.253 e. The topological polar surface area (TPSA) is 90.6 Å². The van der Waals surface area contributed by atoms with Crippen molar-refractivity contribution in [2.45, 2.75) is 6.42 Å². The zero-order chi connectivity index (χ0) is 14.7. The van der Waals surface area contributed by atoms with Gasteiger partial charge in [0.25, 0.3) is 10.9 Å². The lowest BCUT2D eigenvalue weighted by Gasteiger charge is -2.12. The molecular formula is C14H16N2O4. The molecule has 0 aliphatic heterocycles. The van der Waals surface area contributed by atoms with Crippen LogP contribution in [-0.2, 0) is 6.42 Å². The second-order valence-corrected chi connectivity index (χ2v) is 4.30. The van der Waals surface area contributed by atoms with E-state index in [0.717, 1.165) is 5.56 Å². The molecular weight excluding hydrogens is 260 g/mol. The van der Waals surface area contributed by atoms with Gasteiger partial charge in [-0.25, -0.2) is 0 Å². The molecule has 20 heavy (non-hydrogen) atoms. The van der Waals surface area contributed by atoms with Crippen molar-refractivity contribution >= 4 is 11.4 Å². The number of anilines is 2. The number of methoxy groups -OCH3 is 2. The van der Waals surface area contributed by atoms with E-state index < -0.39 is 10.9 Å². The molecule has 2 aromatic carbocycles. The third-order valence-electron chi connectivity index (χ3n) is 3.14. The van der Waals surface area contributed by atoms with Crippen LogP contribution in [0.1, 0.15) is 5.56 Å². The maximum atomic E-state index is 11.2. The molecule has 0 radical (unpaired) electrons. The highest BCUT2D eigenvalue weighted by Crippen LogP contribution is 2.25. The number of rotatable bonds is 6. The highest BCUT2D eigenvalue weighted by Gasteiger charge is 2.17. The van der Waals surface area contributed by atoms with Crippen molar-refractivity contribution in [3.05, 3.63) is 44.2 Å². The number of nitrogens with one attached hydrogen (secondary N) is 1. The van der Waals surface area contributed by atoms with E-state index in [2.05, 4.69) is 5.32 Å². The molecule has 106 valence electrons. The average Bonchev–Trinajstić information content (AvgIpc) is 2.50. The van der Waals surface area contributed by atoms with Crippen LogP contribution in [0.2, 0.25) is 0 Å². The maximum Gasteiger partial charge on any atom is 0.253 e. The minimum absolute atomic E-state index is 0.0108. The first kappa shape index (κ1) is 13.9. The zero-order valence-electron chi connectivity index (χ0n) is 11.4. The molecule has 0 saturated heterocycles. The van der Waals surface area contributed by atoms with Gasteiger partial charge in [0.1, 0.15) is 22.9 Å². The van der Waals surface area contributed by atoms with Gasteiger partial charge < -0.3 is 20.5 Å². The van der Waals surface area contributed by atoms with Crippen molar-refractivity contribution in [3.63, 3.8) is 0 Å². The summed E-state index contributed by atoms with van der Waals surface area (Å²) in [6.07, 6.45) is 0.630. The molecule has 0 amide bonds. The lowest BCUT2D eigenvalue weighted by Crippen LogP contribution is -2.37. The molecule has 0 saturated carbocycles. The van der Waals surface area contributed by atoms with Crippen molar-refractivity contribution in [1.29, 1.82) is 0 Å². The molecule has 0 aliphatic carbocycles.